The number of aliphatic hydroxyl groups excluding tert-OH is 1. The number of pyridine rings is 1. The number of aryl methyl sites for hydroxylation is 3. The fourth-order valence-corrected chi connectivity index (χ4v) is 2.52. The van der Waals surface area contributed by atoms with Crippen LogP contribution in [0.3, 0.4) is 0 Å². The molecule has 2 nitrogen and oxygen atoms in total. The van der Waals surface area contributed by atoms with Crippen LogP contribution in [0.4, 0.5) is 0 Å². The van der Waals surface area contributed by atoms with Gasteiger partial charge in [-0.3, -0.25) is 4.98 Å². The van der Waals surface area contributed by atoms with Gasteiger partial charge >= 0.3 is 0 Å². The molecule has 0 bridgehead atoms. The van der Waals surface area contributed by atoms with Crippen molar-refractivity contribution in [2.24, 2.45) is 0 Å². The average molecular weight is 276 g/mol. The molecule has 0 amide bonds. The number of aromatic nitrogens is 1. The van der Waals surface area contributed by atoms with Crippen LogP contribution in [0, 0.1) is 20.8 Å². The highest BCUT2D eigenvalue weighted by Crippen LogP contribution is 2.25. The summed E-state index contributed by atoms with van der Waals surface area (Å²) in [6.07, 6.45) is -0.0391. The van der Waals surface area contributed by atoms with E-state index in [0.29, 0.717) is 11.4 Å². The molecule has 1 unspecified atom stereocenters. The van der Waals surface area contributed by atoms with Crippen molar-refractivity contribution < 1.29 is 5.11 Å². The molecule has 3 heteroatoms. The van der Waals surface area contributed by atoms with Gasteiger partial charge in [-0.25, -0.2) is 0 Å². The third-order valence-corrected chi connectivity index (χ3v) is 3.46. The lowest BCUT2D eigenvalue weighted by Gasteiger charge is -2.14. The molecule has 0 saturated heterocycles. The Morgan fingerprint density at radius 2 is 1.74 bits per heavy atom. The maximum atomic E-state index is 10.3. The van der Waals surface area contributed by atoms with E-state index in [0.717, 1.165) is 28.1 Å². The smallest absolute Gasteiger partial charge is 0.0832 e. The lowest BCUT2D eigenvalue weighted by molar-refractivity contribution is 0.178. The molecule has 1 N–H and O–H groups in total. The first kappa shape index (κ1) is 14.0. The van der Waals surface area contributed by atoms with Gasteiger partial charge in [0.2, 0.25) is 0 Å². The van der Waals surface area contributed by atoms with Gasteiger partial charge in [0.25, 0.3) is 0 Å². The van der Waals surface area contributed by atoms with E-state index in [-0.39, 0.29) is 0 Å². The fourth-order valence-electron chi connectivity index (χ4n) is 2.20. The van der Waals surface area contributed by atoms with Gasteiger partial charge in [-0.15, -0.1) is 0 Å². The monoisotopic (exact) mass is 275 g/mol. The zero-order valence-corrected chi connectivity index (χ0v) is 12.2. The molecular formula is C16H18ClNO. The lowest BCUT2D eigenvalue weighted by atomic mass is 10.00. The van der Waals surface area contributed by atoms with Crippen LogP contribution in [-0.4, -0.2) is 10.1 Å². The Hall–Kier alpha value is -1.38. The summed E-state index contributed by atoms with van der Waals surface area (Å²) in [6.45, 7) is 5.87. The normalized spacial score (nSPS) is 12.5. The first-order valence-electron chi connectivity index (χ1n) is 6.34. The number of benzene rings is 1. The lowest BCUT2D eigenvalue weighted by Crippen LogP contribution is -2.04. The molecule has 1 aromatic carbocycles. The van der Waals surface area contributed by atoms with Crippen molar-refractivity contribution in [2.45, 2.75) is 33.3 Å². The second-order valence-corrected chi connectivity index (χ2v) is 5.41. The number of halogens is 1. The molecule has 0 radical (unpaired) electrons. The number of hydrogen-bond donors (Lipinski definition) is 1. The van der Waals surface area contributed by atoms with Gasteiger partial charge in [-0.1, -0.05) is 23.7 Å². The summed E-state index contributed by atoms with van der Waals surface area (Å²) in [6, 6.07) is 9.74. The predicted octanol–water partition coefficient (Wildman–Crippen LogP) is 3.94. The summed E-state index contributed by atoms with van der Waals surface area (Å²) in [7, 11) is 0. The zero-order valence-electron chi connectivity index (χ0n) is 11.4. The molecule has 0 saturated carbocycles. The SMILES string of the molecule is Cc1ccc(CC(O)c2cc(C)nc(C)c2)c(Cl)c1. The summed E-state index contributed by atoms with van der Waals surface area (Å²) >= 11 is 6.20. The molecule has 19 heavy (non-hydrogen) atoms. The third kappa shape index (κ3) is 3.55. The van der Waals surface area contributed by atoms with E-state index in [9.17, 15) is 5.11 Å². The van der Waals surface area contributed by atoms with Gasteiger partial charge < -0.3 is 5.11 Å². The molecule has 1 aromatic heterocycles. The Balaban J connectivity index is 2.22. The number of aliphatic hydroxyl groups is 1. The maximum absolute atomic E-state index is 10.3. The van der Waals surface area contributed by atoms with Crippen LogP contribution in [0.5, 0.6) is 0 Å². The van der Waals surface area contributed by atoms with Crippen LogP contribution in [-0.2, 0) is 6.42 Å². The quantitative estimate of drug-likeness (QED) is 0.920. The average Bonchev–Trinajstić information content (AvgIpc) is 2.31. The summed E-state index contributed by atoms with van der Waals surface area (Å²) in [5.74, 6) is 0. The van der Waals surface area contributed by atoms with Crippen molar-refractivity contribution in [1.82, 2.24) is 4.98 Å². The van der Waals surface area contributed by atoms with Crippen molar-refractivity contribution in [3.05, 3.63) is 63.4 Å². The van der Waals surface area contributed by atoms with Crippen molar-refractivity contribution in [3.63, 3.8) is 0 Å². The Bertz CT molecular complexity index is 575. The molecular weight excluding hydrogens is 258 g/mol. The Labute approximate surface area is 119 Å². The molecule has 1 atom stereocenters. The number of hydrogen-bond acceptors (Lipinski definition) is 2. The molecule has 2 aromatic rings. The zero-order chi connectivity index (χ0) is 14.0. The van der Waals surface area contributed by atoms with Crippen LogP contribution in [0.2, 0.25) is 5.02 Å². The van der Waals surface area contributed by atoms with E-state index in [1.54, 1.807) is 0 Å². The first-order valence-corrected chi connectivity index (χ1v) is 6.72. The number of nitrogens with zero attached hydrogens (tertiary/aromatic N) is 1. The summed E-state index contributed by atoms with van der Waals surface area (Å²) in [4.78, 5) is 4.32. The summed E-state index contributed by atoms with van der Waals surface area (Å²) in [5.41, 5.74) is 4.82. The van der Waals surface area contributed by atoms with Gasteiger partial charge in [0, 0.05) is 22.8 Å². The van der Waals surface area contributed by atoms with Gasteiger partial charge in [0.05, 0.1) is 6.10 Å². The van der Waals surface area contributed by atoms with E-state index >= 15 is 0 Å². The Morgan fingerprint density at radius 3 is 2.32 bits per heavy atom. The second kappa shape index (κ2) is 5.72. The first-order chi connectivity index (χ1) is 8.95. The largest absolute Gasteiger partial charge is 0.388 e. The molecule has 0 aliphatic rings. The molecule has 2 rings (SSSR count). The third-order valence-electron chi connectivity index (χ3n) is 3.11. The standard InChI is InChI=1S/C16H18ClNO/c1-10-4-5-13(15(17)6-10)9-16(19)14-7-11(2)18-12(3)8-14/h4-8,16,19H,9H2,1-3H3. The topological polar surface area (TPSA) is 33.1 Å². The van der Waals surface area contributed by atoms with E-state index < -0.39 is 6.10 Å². The van der Waals surface area contributed by atoms with Crippen molar-refractivity contribution >= 4 is 11.6 Å². The highest BCUT2D eigenvalue weighted by atomic mass is 35.5. The number of rotatable bonds is 3. The minimum Gasteiger partial charge on any atom is -0.388 e. The Kier molecular flexibility index (Phi) is 4.23. The van der Waals surface area contributed by atoms with Crippen LogP contribution < -0.4 is 0 Å². The maximum Gasteiger partial charge on any atom is 0.0832 e. The van der Waals surface area contributed by atoms with Gasteiger partial charge in [-0.05, 0) is 55.7 Å². The highest BCUT2D eigenvalue weighted by molar-refractivity contribution is 6.31. The van der Waals surface area contributed by atoms with Gasteiger partial charge in [-0.2, -0.15) is 0 Å². The second-order valence-electron chi connectivity index (χ2n) is 5.00. The highest BCUT2D eigenvalue weighted by Gasteiger charge is 2.12. The minimum absolute atomic E-state index is 0.516. The summed E-state index contributed by atoms with van der Waals surface area (Å²) < 4.78 is 0. The van der Waals surface area contributed by atoms with Crippen LogP contribution in [0.1, 0.15) is 34.2 Å². The molecule has 0 spiro atoms. The van der Waals surface area contributed by atoms with Gasteiger partial charge in [0.1, 0.15) is 0 Å². The van der Waals surface area contributed by atoms with Crippen molar-refractivity contribution in [3.8, 4) is 0 Å². The van der Waals surface area contributed by atoms with E-state index in [1.807, 2.05) is 51.1 Å². The minimum atomic E-state index is -0.555. The van der Waals surface area contributed by atoms with E-state index in [2.05, 4.69) is 4.98 Å². The van der Waals surface area contributed by atoms with Crippen LogP contribution in [0.15, 0.2) is 30.3 Å². The summed E-state index contributed by atoms with van der Waals surface area (Å²) in [5, 5.41) is 11.0. The van der Waals surface area contributed by atoms with Crippen molar-refractivity contribution in [2.75, 3.05) is 0 Å². The Morgan fingerprint density at radius 1 is 1.11 bits per heavy atom. The molecule has 0 aliphatic carbocycles. The van der Waals surface area contributed by atoms with E-state index in [4.69, 9.17) is 11.6 Å². The van der Waals surface area contributed by atoms with Gasteiger partial charge in [0.15, 0.2) is 0 Å². The van der Waals surface area contributed by atoms with Crippen LogP contribution in [0.25, 0.3) is 0 Å². The predicted molar refractivity (Wildman–Crippen MR) is 78.6 cm³/mol. The van der Waals surface area contributed by atoms with E-state index in [1.165, 1.54) is 0 Å². The molecule has 0 fully saturated rings. The molecule has 0 aliphatic heterocycles. The fraction of sp³-hybridized carbons (Fsp3) is 0.312. The van der Waals surface area contributed by atoms with Crippen LogP contribution >= 0.6 is 11.6 Å². The molecule has 1 heterocycles. The van der Waals surface area contributed by atoms with Crippen molar-refractivity contribution in [1.29, 1.82) is 0 Å². The molecule has 100 valence electrons.